The highest BCUT2D eigenvalue weighted by molar-refractivity contribution is 7.19. The lowest BCUT2D eigenvalue weighted by molar-refractivity contribution is -0.142. The van der Waals surface area contributed by atoms with Gasteiger partial charge in [-0.1, -0.05) is 0 Å². The Bertz CT molecular complexity index is 852. The molecule has 0 aromatic carbocycles. The first-order chi connectivity index (χ1) is 10.3. The Labute approximate surface area is 124 Å². The van der Waals surface area contributed by atoms with E-state index >= 15 is 0 Å². The standard InChI is InChI=1S/C14H14N4O2S/c1-2-20-11(19)6-10-16-13-12-8-4-3-5-9(8)21-14(12)15-7-18(13)17-10/h7H,2-6H2,1H3. The molecule has 4 rings (SSSR count). The van der Waals surface area contributed by atoms with Gasteiger partial charge in [0.25, 0.3) is 0 Å². The van der Waals surface area contributed by atoms with Crippen molar-refractivity contribution in [3.63, 3.8) is 0 Å². The molecule has 7 heteroatoms. The maximum Gasteiger partial charge on any atom is 0.313 e. The minimum Gasteiger partial charge on any atom is -0.466 e. The Morgan fingerprint density at radius 2 is 2.38 bits per heavy atom. The van der Waals surface area contributed by atoms with Crippen LogP contribution in [0.4, 0.5) is 0 Å². The molecule has 21 heavy (non-hydrogen) atoms. The van der Waals surface area contributed by atoms with Crippen LogP contribution in [-0.2, 0) is 28.8 Å². The van der Waals surface area contributed by atoms with Gasteiger partial charge in [0.2, 0.25) is 0 Å². The molecule has 0 fully saturated rings. The number of carbonyl (C=O) groups excluding carboxylic acids is 1. The van der Waals surface area contributed by atoms with Crippen molar-refractivity contribution in [1.29, 1.82) is 0 Å². The zero-order valence-electron chi connectivity index (χ0n) is 11.6. The Morgan fingerprint density at radius 1 is 1.48 bits per heavy atom. The molecule has 0 atom stereocenters. The van der Waals surface area contributed by atoms with E-state index in [2.05, 4.69) is 15.1 Å². The van der Waals surface area contributed by atoms with Crippen LogP contribution in [0.15, 0.2) is 6.33 Å². The molecule has 0 saturated heterocycles. The number of hydrogen-bond acceptors (Lipinski definition) is 6. The largest absolute Gasteiger partial charge is 0.466 e. The molecule has 1 aliphatic carbocycles. The number of thiophene rings is 1. The number of carbonyl (C=O) groups is 1. The van der Waals surface area contributed by atoms with E-state index < -0.39 is 0 Å². The number of rotatable bonds is 3. The third-order valence-corrected chi connectivity index (χ3v) is 4.89. The normalized spacial score (nSPS) is 14.0. The summed E-state index contributed by atoms with van der Waals surface area (Å²) in [5.74, 6) is 0.189. The molecule has 3 aromatic heterocycles. The van der Waals surface area contributed by atoms with Crippen molar-refractivity contribution < 1.29 is 9.53 Å². The van der Waals surface area contributed by atoms with E-state index in [1.807, 2.05) is 0 Å². The van der Waals surface area contributed by atoms with Crippen LogP contribution in [-0.4, -0.2) is 32.2 Å². The monoisotopic (exact) mass is 302 g/mol. The van der Waals surface area contributed by atoms with E-state index in [1.165, 1.54) is 16.9 Å². The van der Waals surface area contributed by atoms with Gasteiger partial charge in [0.15, 0.2) is 11.5 Å². The lowest BCUT2D eigenvalue weighted by Gasteiger charge is -1.96. The van der Waals surface area contributed by atoms with Gasteiger partial charge in [-0.3, -0.25) is 4.79 Å². The molecular weight excluding hydrogens is 288 g/mol. The maximum absolute atomic E-state index is 11.6. The van der Waals surface area contributed by atoms with Gasteiger partial charge in [-0.15, -0.1) is 16.4 Å². The van der Waals surface area contributed by atoms with Crippen LogP contribution in [0.3, 0.4) is 0 Å². The van der Waals surface area contributed by atoms with Gasteiger partial charge < -0.3 is 4.74 Å². The van der Waals surface area contributed by atoms with Crippen LogP contribution < -0.4 is 0 Å². The Kier molecular flexibility index (Phi) is 2.88. The highest BCUT2D eigenvalue weighted by Gasteiger charge is 2.22. The van der Waals surface area contributed by atoms with Crippen LogP contribution in [0, 0.1) is 0 Å². The molecule has 0 unspecified atom stereocenters. The first-order valence-electron chi connectivity index (χ1n) is 7.06. The molecule has 0 bridgehead atoms. The molecule has 0 spiro atoms. The van der Waals surface area contributed by atoms with Crippen molar-refractivity contribution in [3.8, 4) is 0 Å². The molecule has 0 amide bonds. The summed E-state index contributed by atoms with van der Waals surface area (Å²) in [7, 11) is 0. The van der Waals surface area contributed by atoms with Crippen molar-refractivity contribution in [2.75, 3.05) is 6.61 Å². The summed E-state index contributed by atoms with van der Waals surface area (Å²) in [6, 6.07) is 0. The topological polar surface area (TPSA) is 69.4 Å². The second kappa shape index (κ2) is 4.77. The van der Waals surface area contributed by atoms with Crippen molar-refractivity contribution in [2.24, 2.45) is 0 Å². The van der Waals surface area contributed by atoms with E-state index in [9.17, 15) is 4.79 Å². The number of ether oxygens (including phenoxy) is 1. The summed E-state index contributed by atoms with van der Waals surface area (Å²) >= 11 is 1.75. The minimum atomic E-state index is -0.298. The molecular formula is C14H14N4O2S. The molecule has 1 aliphatic rings. The van der Waals surface area contributed by atoms with Crippen molar-refractivity contribution >= 4 is 33.2 Å². The predicted octanol–water partition coefficient (Wildman–Crippen LogP) is 1.93. The quantitative estimate of drug-likeness (QED) is 0.691. The second-order valence-electron chi connectivity index (χ2n) is 5.06. The first-order valence-corrected chi connectivity index (χ1v) is 7.88. The highest BCUT2D eigenvalue weighted by Crippen LogP contribution is 2.37. The van der Waals surface area contributed by atoms with Crippen LogP contribution in [0.1, 0.15) is 29.6 Å². The molecule has 0 N–H and O–H groups in total. The van der Waals surface area contributed by atoms with Crippen LogP contribution in [0.2, 0.25) is 0 Å². The summed E-state index contributed by atoms with van der Waals surface area (Å²) < 4.78 is 6.62. The molecule has 0 saturated carbocycles. The van der Waals surface area contributed by atoms with E-state index in [-0.39, 0.29) is 12.4 Å². The summed E-state index contributed by atoms with van der Waals surface area (Å²) in [6.07, 6.45) is 5.18. The fourth-order valence-corrected chi connectivity index (χ4v) is 4.08. The Morgan fingerprint density at radius 3 is 3.24 bits per heavy atom. The summed E-state index contributed by atoms with van der Waals surface area (Å²) in [6.45, 7) is 2.16. The summed E-state index contributed by atoms with van der Waals surface area (Å²) in [4.78, 5) is 23.0. The number of nitrogens with zero attached hydrogens (tertiary/aromatic N) is 4. The average Bonchev–Trinajstić information content (AvgIpc) is 3.09. The third kappa shape index (κ3) is 1.99. The smallest absolute Gasteiger partial charge is 0.313 e. The van der Waals surface area contributed by atoms with E-state index in [0.29, 0.717) is 12.4 Å². The fourth-order valence-electron chi connectivity index (χ4n) is 2.85. The first kappa shape index (κ1) is 12.7. The van der Waals surface area contributed by atoms with Crippen molar-refractivity contribution in [2.45, 2.75) is 32.6 Å². The van der Waals surface area contributed by atoms with E-state index in [0.717, 1.165) is 28.7 Å². The Balaban J connectivity index is 1.83. The number of hydrogen-bond donors (Lipinski definition) is 0. The van der Waals surface area contributed by atoms with Crippen LogP contribution in [0.5, 0.6) is 0 Å². The molecule has 3 aromatic rings. The molecule has 6 nitrogen and oxygen atoms in total. The predicted molar refractivity (Wildman–Crippen MR) is 78.5 cm³/mol. The van der Waals surface area contributed by atoms with Gasteiger partial charge in [-0.2, -0.15) is 0 Å². The maximum atomic E-state index is 11.6. The number of aromatic nitrogens is 4. The summed E-state index contributed by atoms with van der Waals surface area (Å²) in [5, 5.41) is 5.45. The minimum absolute atomic E-state index is 0.101. The van der Waals surface area contributed by atoms with Crippen LogP contribution in [0.25, 0.3) is 15.9 Å². The Hall–Kier alpha value is -2.02. The van der Waals surface area contributed by atoms with Gasteiger partial charge in [0.1, 0.15) is 17.6 Å². The number of fused-ring (bicyclic) bond motifs is 5. The third-order valence-electron chi connectivity index (χ3n) is 3.69. The van der Waals surface area contributed by atoms with Gasteiger partial charge in [0.05, 0.1) is 12.0 Å². The van der Waals surface area contributed by atoms with E-state index in [1.54, 1.807) is 29.1 Å². The van der Waals surface area contributed by atoms with Crippen molar-refractivity contribution in [1.82, 2.24) is 19.6 Å². The van der Waals surface area contributed by atoms with Crippen LogP contribution >= 0.6 is 11.3 Å². The van der Waals surface area contributed by atoms with Gasteiger partial charge in [-0.25, -0.2) is 14.5 Å². The average molecular weight is 302 g/mol. The molecule has 0 radical (unpaired) electrons. The second-order valence-corrected chi connectivity index (χ2v) is 6.14. The van der Waals surface area contributed by atoms with E-state index in [4.69, 9.17) is 4.74 Å². The van der Waals surface area contributed by atoms with Gasteiger partial charge in [0, 0.05) is 4.88 Å². The molecule has 108 valence electrons. The summed E-state index contributed by atoms with van der Waals surface area (Å²) in [5.41, 5.74) is 2.17. The zero-order valence-corrected chi connectivity index (χ0v) is 12.4. The lowest BCUT2D eigenvalue weighted by Crippen LogP contribution is -2.08. The van der Waals surface area contributed by atoms with Crippen molar-refractivity contribution in [3.05, 3.63) is 22.6 Å². The molecule has 3 heterocycles. The lowest BCUT2D eigenvalue weighted by atomic mass is 10.2. The number of aryl methyl sites for hydroxylation is 2. The highest BCUT2D eigenvalue weighted by atomic mass is 32.1. The molecule has 0 aliphatic heterocycles. The SMILES string of the molecule is CCOC(=O)Cc1nc2c3c4c(sc3ncn2n1)CCC4. The van der Waals surface area contributed by atoms with Gasteiger partial charge >= 0.3 is 5.97 Å². The van der Waals surface area contributed by atoms with Gasteiger partial charge in [-0.05, 0) is 31.7 Å². The number of esters is 1. The fraction of sp³-hybridized carbons (Fsp3) is 0.429. The zero-order chi connectivity index (χ0) is 14.4.